The third kappa shape index (κ3) is 4.23. The van der Waals surface area contributed by atoms with Crippen LogP contribution >= 0.6 is 22.6 Å². The van der Waals surface area contributed by atoms with E-state index in [0.717, 1.165) is 20.3 Å². The smallest absolute Gasteiger partial charge is 0.327 e. The van der Waals surface area contributed by atoms with Gasteiger partial charge in [0.15, 0.2) is 6.04 Å². The Kier molecular flexibility index (Phi) is 6.87. The molecule has 212 valence electrons. The molecule has 1 amide bonds. The van der Waals surface area contributed by atoms with E-state index in [4.69, 9.17) is 19.0 Å². The number of aliphatic hydroxyl groups excluding tert-OH is 1. The minimum Gasteiger partial charge on any atom is -0.458 e. The summed E-state index contributed by atoms with van der Waals surface area (Å²) in [4.78, 5) is 34.3. The molecule has 1 saturated carbocycles. The van der Waals surface area contributed by atoms with Gasteiger partial charge in [-0.1, -0.05) is 72.8 Å². The molecule has 3 saturated heterocycles. The summed E-state index contributed by atoms with van der Waals surface area (Å²) in [7, 11) is 0. The van der Waals surface area contributed by atoms with Gasteiger partial charge in [0.05, 0.1) is 13.2 Å². The van der Waals surface area contributed by atoms with E-state index in [0.29, 0.717) is 0 Å². The van der Waals surface area contributed by atoms with E-state index in [2.05, 4.69) is 27.9 Å². The second-order valence-electron chi connectivity index (χ2n) is 10.8. The molecule has 9 nitrogen and oxygen atoms in total. The van der Waals surface area contributed by atoms with E-state index < -0.39 is 47.6 Å². The number of halogens is 1. The number of hydrogen-bond acceptors (Lipinski definition) is 8. The third-order valence-electron chi connectivity index (χ3n) is 8.53. The van der Waals surface area contributed by atoms with Crippen molar-refractivity contribution in [1.82, 2.24) is 10.4 Å². The van der Waals surface area contributed by atoms with Crippen LogP contribution in [-0.4, -0.2) is 65.7 Å². The largest absolute Gasteiger partial charge is 0.458 e. The van der Waals surface area contributed by atoms with Crippen LogP contribution in [0.25, 0.3) is 0 Å². The molecule has 3 heterocycles. The zero-order chi connectivity index (χ0) is 28.2. The third-order valence-corrected chi connectivity index (χ3v) is 9.25. The number of carbonyl (C=O) groups excluding carboxylic acids is 2. The minimum absolute atomic E-state index is 0.0558. The maximum atomic E-state index is 14.0. The Bertz CT molecular complexity index is 1400. The van der Waals surface area contributed by atoms with Gasteiger partial charge in [0, 0.05) is 27.7 Å². The summed E-state index contributed by atoms with van der Waals surface area (Å²) in [5.74, 6) is -2.20. The molecule has 0 spiro atoms. The fraction of sp³-hybridized carbons (Fsp3) is 0.355. The van der Waals surface area contributed by atoms with Crippen molar-refractivity contribution in [2.45, 2.75) is 49.2 Å². The second-order valence-corrected chi connectivity index (χ2v) is 12.1. The molecular formula is C31H29IN2O7. The summed E-state index contributed by atoms with van der Waals surface area (Å²) in [6.07, 6.45) is -2.76. The van der Waals surface area contributed by atoms with Crippen LogP contribution < -0.4 is 5.32 Å². The predicted octanol–water partition coefficient (Wildman–Crippen LogP) is 2.88. The first-order chi connectivity index (χ1) is 20.0. The maximum Gasteiger partial charge on any atom is 0.327 e. The van der Waals surface area contributed by atoms with Crippen LogP contribution in [0.2, 0.25) is 0 Å². The summed E-state index contributed by atoms with van der Waals surface area (Å²) in [5.41, 5.74) is 1.19. The van der Waals surface area contributed by atoms with Gasteiger partial charge in [-0.25, -0.2) is 0 Å². The second kappa shape index (κ2) is 10.4. The molecule has 6 unspecified atom stereocenters. The minimum atomic E-state index is -1.30. The lowest BCUT2D eigenvalue weighted by Crippen LogP contribution is -2.69. The van der Waals surface area contributed by atoms with Crippen LogP contribution in [-0.2, 0) is 41.0 Å². The Morgan fingerprint density at radius 2 is 1.59 bits per heavy atom. The fourth-order valence-corrected chi connectivity index (χ4v) is 7.15. The predicted molar refractivity (Wildman–Crippen MR) is 154 cm³/mol. The molecular weight excluding hydrogens is 639 g/mol. The zero-order valence-corrected chi connectivity index (χ0v) is 24.2. The molecule has 0 aromatic heterocycles. The van der Waals surface area contributed by atoms with Gasteiger partial charge in [-0.05, 0) is 40.3 Å². The van der Waals surface area contributed by atoms with Crippen molar-refractivity contribution >= 4 is 34.5 Å². The number of hydroxylamine groups is 2. The number of carbonyl (C=O) groups is 2. The molecule has 4 fully saturated rings. The SMILES string of the molecule is O=C1OC2CC3(C(=O)NCCO)C(ON(Cc4ccc(I)cc4)C13)C1OC(c3ccccc3)(c3ccccc3)OC21. The first-order valence-electron chi connectivity index (χ1n) is 13.7. The van der Waals surface area contributed by atoms with Crippen molar-refractivity contribution in [2.24, 2.45) is 5.41 Å². The van der Waals surface area contributed by atoms with Gasteiger partial charge in [-0.15, -0.1) is 0 Å². The Morgan fingerprint density at radius 1 is 0.951 bits per heavy atom. The molecule has 3 aromatic rings. The highest BCUT2D eigenvalue weighted by atomic mass is 127. The number of rotatable bonds is 7. The number of esters is 1. The number of benzene rings is 3. The van der Waals surface area contributed by atoms with E-state index in [1.165, 1.54) is 0 Å². The van der Waals surface area contributed by atoms with Crippen molar-refractivity contribution in [3.63, 3.8) is 0 Å². The molecule has 2 bridgehead atoms. The van der Waals surface area contributed by atoms with Gasteiger partial charge < -0.3 is 24.6 Å². The molecule has 3 aromatic carbocycles. The summed E-state index contributed by atoms with van der Waals surface area (Å²) in [6, 6.07) is 26.2. The van der Waals surface area contributed by atoms with E-state index in [-0.39, 0.29) is 32.0 Å². The number of aliphatic hydroxyl groups is 1. The van der Waals surface area contributed by atoms with E-state index >= 15 is 0 Å². The van der Waals surface area contributed by atoms with Gasteiger partial charge in [-0.2, -0.15) is 5.06 Å². The van der Waals surface area contributed by atoms with Crippen LogP contribution in [0.3, 0.4) is 0 Å². The normalized spacial score (nSPS) is 31.4. The molecule has 0 radical (unpaired) electrons. The van der Waals surface area contributed by atoms with Crippen molar-refractivity contribution in [3.8, 4) is 0 Å². The average molecular weight is 668 g/mol. The molecule has 3 aliphatic heterocycles. The van der Waals surface area contributed by atoms with Crippen LogP contribution in [0.4, 0.5) is 0 Å². The summed E-state index contributed by atoms with van der Waals surface area (Å²) >= 11 is 2.24. The number of hydrogen-bond donors (Lipinski definition) is 2. The van der Waals surface area contributed by atoms with Crippen molar-refractivity contribution in [2.75, 3.05) is 13.2 Å². The van der Waals surface area contributed by atoms with Gasteiger partial charge >= 0.3 is 5.97 Å². The van der Waals surface area contributed by atoms with E-state index in [1.54, 1.807) is 5.06 Å². The molecule has 2 N–H and O–H groups in total. The standard InChI is InChI=1S/C31H29IN2O7/c32-22-13-11-19(12-14-22)18-34-26-28(36)38-23-17-30(26,29(37)33-15-16-35)27(41-34)25-24(23)39-31(40-25,20-7-3-1-4-8-20)21-9-5-2-6-10-21/h1-14,23-27,35H,15-18H2,(H,33,37). The average Bonchev–Trinajstić information content (AvgIpc) is 3.58. The van der Waals surface area contributed by atoms with Crippen LogP contribution in [0.1, 0.15) is 23.1 Å². The van der Waals surface area contributed by atoms with Gasteiger partial charge in [0.25, 0.3) is 0 Å². The lowest BCUT2D eigenvalue weighted by Gasteiger charge is -2.48. The first kappa shape index (κ1) is 27.0. The topological polar surface area (TPSA) is 107 Å². The highest BCUT2D eigenvalue weighted by molar-refractivity contribution is 14.1. The lowest BCUT2D eigenvalue weighted by atomic mass is 9.62. The highest BCUT2D eigenvalue weighted by Crippen LogP contribution is 2.59. The van der Waals surface area contributed by atoms with Crippen LogP contribution in [0.15, 0.2) is 84.9 Å². The van der Waals surface area contributed by atoms with Crippen molar-refractivity contribution in [1.29, 1.82) is 0 Å². The Labute approximate surface area is 250 Å². The Hall–Kier alpha value is -2.87. The first-order valence-corrected chi connectivity index (χ1v) is 14.8. The fourth-order valence-electron chi connectivity index (χ4n) is 6.79. The van der Waals surface area contributed by atoms with E-state index in [9.17, 15) is 14.7 Å². The molecule has 1 aliphatic carbocycles. The highest BCUT2D eigenvalue weighted by Gasteiger charge is 2.76. The quantitative estimate of drug-likeness (QED) is 0.293. The zero-order valence-electron chi connectivity index (χ0n) is 22.0. The molecule has 6 atom stereocenters. The van der Waals surface area contributed by atoms with Crippen molar-refractivity contribution in [3.05, 3.63) is 105 Å². The maximum absolute atomic E-state index is 14.0. The molecule has 4 aliphatic rings. The van der Waals surface area contributed by atoms with Gasteiger partial charge in [0.1, 0.15) is 29.8 Å². The number of amides is 1. The number of ether oxygens (including phenoxy) is 3. The van der Waals surface area contributed by atoms with Crippen LogP contribution in [0, 0.1) is 8.99 Å². The summed E-state index contributed by atoms with van der Waals surface area (Å²) in [6.45, 7) is 0.100. The Morgan fingerprint density at radius 3 is 2.22 bits per heavy atom. The molecule has 41 heavy (non-hydrogen) atoms. The molecule has 10 heteroatoms. The summed E-state index contributed by atoms with van der Waals surface area (Å²) < 4.78 is 20.9. The number of nitrogens with one attached hydrogen (secondary N) is 1. The number of nitrogens with zero attached hydrogens (tertiary/aromatic N) is 1. The number of fused-ring (bicyclic) bond motifs is 4. The van der Waals surface area contributed by atoms with Gasteiger partial charge in [0.2, 0.25) is 11.7 Å². The lowest BCUT2D eigenvalue weighted by molar-refractivity contribution is -0.213. The van der Waals surface area contributed by atoms with Gasteiger partial charge in [-0.3, -0.25) is 14.4 Å². The van der Waals surface area contributed by atoms with Crippen LogP contribution in [0.5, 0.6) is 0 Å². The van der Waals surface area contributed by atoms with Crippen molar-refractivity contribution < 1.29 is 33.7 Å². The Balaban J connectivity index is 1.33. The summed E-state index contributed by atoms with van der Waals surface area (Å²) in [5, 5.41) is 13.9. The monoisotopic (exact) mass is 668 g/mol. The van der Waals surface area contributed by atoms with E-state index in [1.807, 2.05) is 84.9 Å². The molecule has 7 rings (SSSR count).